The van der Waals surface area contributed by atoms with Gasteiger partial charge < -0.3 is 9.80 Å². The summed E-state index contributed by atoms with van der Waals surface area (Å²) in [7, 11) is 0.722. The molecule has 1 aliphatic rings. The second-order valence-corrected chi connectivity index (χ2v) is 9.85. The van der Waals surface area contributed by atoms with Crippen molar-refractivity contribution in [2.45, 2.75) is 13.0 Å². The number of piperazine rings is 1. The molecule has 0 radical (unpaired) electrons. The summed E-state index contributed by atoms with van der Waals surface area (Å²) in [5, 5.41) is 0. The predicted molar refractivity (Wildman–Crippen MR) is 121 cm³/mol. The number of hydrogen-bond donors (Lipinski definition) is 1. The largest absolute Gasteiger partial charge is 0.378 e. The molecule has 2 aromatic carbocycles. The first-order chi connectivity index (χ1) is 14.3. The van der Waals surface area contributed by atoms with E-state index in [-0.39, 0.29) is 17.6 Å². The third kappa shape index (κ3) is 5.71. The summed E-state index contributed by atoms with van der Waals surface area (Å²) in [5.41, 5.74) is 3.21. The van der Waals surface area contributed by atoms with Crippen LogP contribution in [0.2, 0.25) is 0 Å². The van der Waals surface area contributed by atoms with Gasteiger partial charge in [0.1, 0.15) is 5.82 Å². The minimum atomic E-state index is -3.27. The van der Waals surface area contributed by atoms with Gasteiger partial charge in [-0.15, -0.1) is 0 Å². The summed E-state index contributed by atoms with van der Waals surface area (Å²) in [6.07, 6.45) is 0. The van der Waals surface area contributed by atoms with E-state index in [0.29, 0.717) is 6.54 Å². The summed E-state index contributed by atoms with van der Waals surface area (Å²) in [4.78, 5) is 6.60. The van der Waals surface area contributed by atoms with E-state index in [4.69, 9.17) is 0 Å². The molecule has 1 heterocycles. The molecule has 0 aliphatic carbocycles. The number of halogens is 1. The Morgan fingerprint density at radius 3 is 2.13 bits per heavy atom. The van der Waals surface area contributed by atoms with E-state index >= 15 is 0 Å². The highest BCUT2D eigenvalue weighted by Crippen LogP contribution is 2.26. The van der Waals surface area contributed by atoms with E-state index < -0.39 is 10.0 Å². The lowest BCUT2D eigenvalue weighted by molar-refractivity contribution is 0.187. The van der Waals surface area contributed by atoms with Crippen molar-refractivity contribution in [3.05, 3.63) is 59.9 Å². The summed E-state index contributed by atoms with van der Waals surface area (Å²) in [6, 6.07) is 14.8. The highest BCUT2D eigenvalue weighted by molar-refractivity contribution is 7.89. The fourth-order valence-corrected chi connectivity index (χ4v) is 4.32. The lowest BCUT2D eigenvalue weighted by atomic mass is 10.0. The smallest absolute Gasteiger partial charge is 0.211 e. The van der Waals surface area contributed by atoms with Crippen molar-refractivity contribution < 1.29 is 12.8 Å². The van der Waals surface area contributed by atoms with E-state index in [2.05, 4.69) is 38.8 Å². The summed E-state index contributed by atoms with van der Waals surface area (Å²) in [6.45, 7) is 5.19. The summed E-state index contributed by atoms with van der Waals surface area (Å²) < 4.78 is 40.1. The maximum atomic E-state index is 13.2. The quantitative estimate of drug-likeness (QED) is 0.692. The molecule has 0 bridgehead atoms. The van der Waals surface area contributed by atoms with Crippen molar-refractivity contribution in [2.75, 3.05) is 62.4 Å². The number of hydrogen-bond acceptors (Lipinski definition) is 5. The molecule has 1 N–H and O–H groups in total. The van der Waals surface area contributed by atoms with Crippen LogP contribution in [-0.4, -0.2) is 65.9 Å². The zero-order valence-electron chi connectivity index (χ0n) is 17.9. The van der Waals surface area contributed by atoms with Gasteiger partial charge in [-0.05, 0) is 48.9 Å². The SMILES string of the molecule is CCS(=O)(=O)NCC(c1ccc(N(C)C)cc1)N1CCN(c2ccc(F)cc2)CC1. The van der Waals surface area contributed by atoms with E-state index in [1.54, 1.807) is 19.1 Å². The molecule has 0 amide bonds. The average molecular weight is 435 g/mol. The maximum Gasteiger partial charge on any atom is 0.211 e. The fourth-order valence-electron chi connectivity index (χ4n) is 3.70. The molecule has 3 rings (SSSR count). The molecule has 0 saturated carbocycles. The van der Waals surface area contributed by atoms with Gasteiger partial charge in [0.25, 0.3) is 0 Å². The van der Waals surface area contributed by atoms with Gasteiger partial charge in [-0.1, -0.05) is 12.1 Å². The van der Waals surface area contributed by atoms with Crippen LogP contribution in [0.4, 0.5) is 15.8 Å². The highest BCUT2D eigenvalue weighted by atomic mass is 32.2. The molecule has 2 aromatic rings. The number of benzene rings is 2. The first-order valence-electron chi connectivity index (χ1n) is 10.3. The molecular formula is C22H31FN4O2S. The zero-order chi connectivity index (χ0) is 21.7. The fraction of sp³-hybridized carbons (Fsp3) is 0.455. The molecular weight excluding hydrogens is 403 g/mol. The second-order valence-electron chi connectivity index (χ2n) is 7.75. The standard InChI is InChI=1S/C22H31FN4O2S/c1-4-30(28,29)24-17-22(18-5-9-20(10-6-18)25(2)3)27-15-13-26(14-16-27)21-11-7-19(23)8-12-21/h5-12,22,24H,4,13-17H2,1-3H3. The molecule has 1 fully saturated rings. The molecule has 6 nitrogen and oxygen atoms in total. The van der Waals surface area contributed by atoms with E-state index in [9.17, 15) is 12.8 Å². The third-order valence-electron chi connectivity index (χ3n) is 5.62. The van der Waals surface area contributed by atoms with Gasteiger partial charge in [0, 0.05) is 64.2 Å². The van der Waals surface area contributed by atoms with E-state index in [1.807, 2.05) is 19.0 Å². The molecule has 164 valence electrons. The lowest BCUT2D eigenvalue weighted by Gasteiger charge is -2.40. The first kappa shape index (κ1) is 22.5. The topological polar surface area (TPSA) is 55.9 Å². The molecule has 8 heteroatoms. The van der Waals surface area contributed by atoms with Crippen LogP contribution >= 0.6 is 0 Å². The van der Waals surface area contributed by atoms with Crippen LogP contribution in [0.25, 0.3) is 0 Å². The van der Waals surface area contributed by atoms with Crippen LogP contribution in [0.5, 0.6) is 0 Å². The van der Waals surface area contributed by atoms with Crippen molar-refractivity contribution in [1.29, 1.82) is 0 Å². The average Bonchev–Trinajstić information content (AvgIpc) is 2.75. The maximum absolute atomic E-state index is 13.2. The van der Waals surface area contributed by atoms with Gasteiger partial charge in [-0.25, -0.2) is 17.5 Å². The van der Waals surface area contributed by atoms with Crippen molar-refractivity contribution in [3.8, 4) is 0 Å². The van der Waals surface area contributed by atoms with Gasteiger partial charge in [0.15, 0.2) is 0 Å². The minimum Gasteiger partial charge on any atom is -0.378 e. The van der Waals surface area contributed by atoms with Gasteiger partial charge in [-0.2, -0.15) is 0 Å². The minimum absolute atomic E-state index is 0.0436. The third-order valence-corrected chi connectivity index (χ3v) is 6.98. The van der Waals surface area contributed by atoms with Crippen molar-refractivity contribution in [1.82, 2.24) is 9.62 Å². The van der Waals surface area contributed by atoms with E-state index in [1.165, 1.54) is 12.1 Å². The van der Waals surface area contributed by atoms with Crippen LogP contribution in [0.15, 0.2) is 48.5 Å². The van der Waals surface area contributed by atoms with Crippen LogP contribution in [0.1, 0.15) is 18.5 Å². The zero-order valence-corrected chi connectivity index (χ0v) is 18.7. The van der Waals surface area contributed by atoms with E-state index in [0.717, 1.165) is 43.1 Å². The van der Waals surface area contributed by atoms with Crippen molar-refractivity contribution >= 4 is 21.4 Å². The lowest BCUT2D eigenvalue weighted by Crippen LogP contribution is -2.50. The van der Waals surface area contributed by atoms with Gasteiger partial charge >= 0.3 is 0 Å². The van der Waals surface area contributed by atoms with Crippen LogP contribution in [0.3, 0.4) is 0 Å². The van der Waals surface area contributed by atoms with Gasteiger partial charge in [0.2, 0.25) is 10.0 Å². The van der Waals surface area contributed by atoms with Gasteiger partial charge in [0.05, 0.1) is 5.75 Å². The van der Waals surface area contributed by atoms with Crippen LogP contribution in [0, 0.1) is 5.82 Å². The normalized spacial score (nSPS) is 16.5. The Kier molecular flexibility index (Phi) is 7.33. The highest BCUT2D eigenvalue weighted by Gasteiger charge is 2.26. The Morgan fingerprint density at radius 2 is 1.60 bits per heavy atom. The van der Waals surface area contributed by atoms with Crippen LogP contribution in [-0.2, 0) is 10.0 Å². The molecule has 1 unspecified atom stereocenters. The molecule has 30 heavy (non-hydrogen) atoms. The Bertz CT molecular complexity index is 909. The van der Waals surface area contributed by atoms with Gasteiger partial charge in [-0.3, -0.25) is 4.90 Å². The Labute approximate surface area is 179 Å². The Morgan fingerprint density at radius 1 is 1.00 bits per heavy atom. The Balaban J connectivity index is 1.74. The number of sulfonamides is 1. The predicted octanol–water partition coefficient (Wildman–Crippen LogP) is 2.69. The first-order valence-corrected chi connectivity index (χ1v) is 11.9. The van der Waals surface area contributed by atoms with Crippen molar-refractivity contribution in [2.24, 2.45) is 0 Å². The molecule has 1 atom stereocenters. The Hall–Kier alpha value is -2.16. The summed E-state index contributed by atoms with van der Waals surface area (Å²) >= 11 is 0. The van der Waals surface area contributed by atoms with Crippen molar-refractivity contribution in [3.63, 3.8) is 0 Å². The summed E-state index contributed by atoms with van der Waals surface area (Å²) in [5.74, 6) is -0.167. The number of nitrogens with zero attached hydrogens (tertiary/aromatic N) is 3. The number of rotatable bonds is 8. The molecule has 1 aliphatic heterocycles. The number of nitrogens with one attached hydrogen (secondary N) is 1. The van der Waals surface area contributed by atoms with Crippen LogP contribution < -0.4 is 14.5 Å². The second kappa shape index (κ2) is 9.76. The molecule has 0 spiro atoms. The molecule has 1 saturated heterocycles. The molecule has 0 aromatic heterocycles. The number of anilines is 2. The monoisotopic (exact) mass is 434 g/mol.